The van der Waals surface area contributed by atoms with Crippen LogP contribution in [0.3, 0.4) is 0 Å². The molecule has 1 aromatic carbocycles. The summed E-state index contributed by atoms with van der Waals surface area (Å²) in [6.45, 7) is 5.65. The van der Waals surface area contributed by atoms with Gasteiger partial charge in [-0.3, -0.25) is 10.1 Å². The van der Waals surface area contributed by atoms with Crippen LogP contribution in [0.25, 0.3) is 0 Å². The summed E-state index contributed by atoms with van der Waals surface area (Å²) in [5, 5.41) is 3.40. The van der Waals surface area contributed by atoms with Crippen LogP contribution in [-0.4, -0.2) is 36.1 Å². The Balaban J connectivity index is 1.71. The minimum Gasteiger partial charge on any atom is -0.378 e. The van der Waals surface area contributed by atoms with Crippen molar-refractivity contribution in [1.29, 1.82) is 0 Å². The van der Waals surface area contributed by atoms with Gasteiger partial charge in [-0.05, 0) is 38.7 Å². The number of nitrogens with zero attached hydrogens (tertiary/aromatic N) is 1. The zero-order chi connectivity index (χ0) is 14.8. The van der Waals surface area contributed by atoms with Crippen molar-refractivity contribution < 1.29 is 9.53 Å². The van der Waals surface area contributed by atoms with E-state index in [9.17, 15) is 4.79 Å². The molecular weight excluding hydrogens is 264 g/mol. The smallest absolute Gasteiger partial charge is 0.241 e. The molecule has 0 radical (unpaired) electrons. The second kappa shape index (κ2) is 6.16. The van der Waals surface area contributed by atoms with Crippen LogP contribution in [0, 0.1) is 6.92 Å². The summed E-state index contributed by atoms with van der Waals surface area (Å²) in [6, 6.07) is 8.31. The minimum absolute atomic E-state index is 0.00509. The van der Waals surface area contributed by atoms with E-state index in [1.165, 1.54) is 5.56 Å². The van der Waals surface area contributed by atoms with Gasteiger partial charge in [0.05, 0.1) is 12.1 Å². The van der Waals surface area contributed by atoms with E-state index in [4.69, 9.17) is 4.74 Å². The van der Waals surface area contributed by atoms with Crippen LogP contribution in [0.15, 0.2) is 24.3 Å². The molecule has 2 fully saturated rings. The van der Waals surface area contributed by atoms with Crippen LogP contribution in [0.2, 0.25) is 0 Å². The molecule has 4 nitrogen and oxygen atoms in total. The van der Waals surface area contributed by atoms with Crippen molar-refractivity contribution >= 4 is 5.91 Å². The number of benzene rings is 1. The van der Waals surface area contributed by atoms with Gasteiger partial charge in [-0.2, -0.15) is 0 Å². The number of aryl methyl sites for hydroxylation is 1. The third-order valence-corrected chi connectivity index (χ3v) is 4.48. The molecule has 0 saturated carbocycles. The molecule has 3 unspecified atom stereocenters. The highest BCUT2D eigenvalue weighted by molar-refractivity contribution is 5.84. The van der Waals surface area contributed by atoms with Crippen LogP contribution in [0.5, 0.6) is 0 Å². The topological polar surface area (TPSA) is 41.6 Å². The fourth-order valence-corrected chi connectivity index (χ4v) is 3.19. The van der Waals surface area contributed by atoms with Crippen molar-refractivity contribution in [1.82, 2.24) is 10.2 Å². The monoisotopic (exact) mass is 288 g/mol. The van der Waals surface area contributed by atoms with Gasteiger partial charge in [0, 0.05) is 13.2 Å². The summed E-state index contributed by atoms with van der Waals surface area (Å²) in [6.07, 6.45) is 3.53. The van der Waals surface area contributed by atoms with Gasteiger partial charge in [0.2, 0.25) is 5.91 Å². The van der Waals surface area contributed by atoms with Crippen LogP contribution in [0.4, 0.5) is 0 Å². The Bertz CT molecular complexity index is 494. The van der Waals surface area contributed by atoms with Crippen LogP contribution >= 0.6 is 0 Å². The van der Waals surface area contributed by atoms with Gasteiger partial charge in [-0.25, -0.2) is 0 Å². The average molecular weight is 288 g/mol. The summed E-state index contributed by atoms with van der Waals surface area (Å²) in [5.74, 6) is 0.193. The minimum atomic E-state index is -0.110. The first-order chi connectivity index (χ1) is 10.1. The highest BCUT2D eigenvalue weighted by Crippen LogP contribution is 2.27. The number of ether oxygens (including phenoxy) is 1. The molecule has 0 aliphatic carbocycles. The fourth-order valence-electron chi connectivity index (χ4n) is 3.19. The summed E-state index contributed by atoms with van der Waals surface area (Å²) in [7, 11) is 0. The first-order valence-electron chi connectivity index (χ1n) is 7.90. The van der Waals surface area contributed by atoms with Gasteiger partial charge in [0.1, 0.15) is 6.17 Å². The van der Waals surface area contributed by atoms with Crippen molar-refractivity contribution in [3.63, 3.8) is 0 Å². The van der Waals surface area contributed by atoms with E-state index in [1.807, 2.05) is 11.8 Å². The zero-order valence-electron chi connectivity index (χ0n) is 12.8. The lowest BCUT2D eigenvalue weighted by Crippen LogP contribution is -2.33. The molecule has 2 heterocycles. The fraction of sp³-hybridized carbons (Fsp3) is 0.588. The van der Waals surface area contributed by atoms with E-state index in [0.29, 0.717) is 6.10 Å². The van der Waals surface area contributed by atoms with Gasteiger partial charge < -0.3 is 9.64 Å². The second-order valence-electron chi connectivity index (χ2n) is 6.16. The normalized spacial score (nSPS) is 29.3. The molecule has 3 atom stereocenters. The summed E-state index contributed by atoms with van der Waals surface area (Å²) in [5.41, 5.74) is 2.40. The molecular formula is C17H24N2O2. The zero-order valence-corrected chi connectivity index (χ0v) is 12.8. The van der Waals surface area contributed by atoms with Crippen molar-refractivity contribution in [2.75, 3.05) is 13.2 Å². The SMILES string of the molecule is Cc1ccc(C2NC(C)C(=O)N2CCC2CCCO2)cc1. The molecule has 0 aromatic heterocycles. The predicted octanol–water partition coefficient (Wildman–Crippen LogP) is 2.38. The Hall–Kier alpha value is -1.39. The second-order valence-corrected chi connectivity index (χ2v) is 6.16. The number of carbonyl (C=O) groups excluding carboxylic acids is 1. The number of amides is 1. The van der Waals surface area contributed by atoms with Crippen LogP contribution < -0.4 is 5.32 Å². The van der Waals surface area contributed by atoms with E-state index in [0.717, 1.165) is 38.0 Å². The third kappa shape index (κ3) is 3.11. The number of nitrogens with one attached hydrogen (secondary N) is 1. The summed E-state index contributed by atoms with van der Waals surface area (Å²) >= 11 is 0. The maximum atomic E-state index is 12.4. The maximum Gasteiger partial charge on any atom is 0.241 e. The van der Waals surface area contributed by atoms with E-state index in [1.54, 1.807) is 0 Å². The van der Waals surface area contributed by atoms with Crippen molar-refractivity contribution in [2.24, 2.45) is 0 Å². The van der Waals surface area contributed by atoms with Gasteiger partial charge in [-0.15, -0.1) is 0 Å². The number of hydrogen-bond donors (Lipinski definition) is 1. The number of hydrogen-bond acceptors (Lipinski definition) is 3. The first kappa shape index (κ1) is 14.5. The Labute approximate surface area is 126 Å². The Morgan fingerprint density at radius 3 is 2.76 bits per heavy atom. The van der Waals surface area contributed by atoms with Crippen LogP contribution in [-0.2, 0) is 9.53 Å². The van der Waals surface area contributed by atoms with E-state index < -0.39 is 0 Å². The van der Waals surface area contributed by atoms with Crippen molar-refractivity contribution in [3.05, 3.63) is 35.4 Å². The first-order valence-corrected chi connectivity index (χ1v) is 7.90. The lowest BCUT2D eigenvalue weighted by Gasteiger charge is -2.25. The molecule has 2 aliphatic heterocycles. The predicted molar refractivity (Wildman–Crippen MR) is 81.8 cm³/mol. The van der Waals surface area contributed by atoms with Gasteiger partial charge in [0.15, 0.2) is 0 Å². The van der Waals surface area contributed by atoms with E-state index in [-0.39, 0.29) is 18.1 Å². The molecule has 4 heteroatoms. The highest BCUT2D eigenvalue weighted by Gasteiger charge is 2.37. The van der Waals surface area contributed by atoms with Crippen molar-refractivity contribution in [3.8, 4) is 0 Å². The Kier molecular flexibility index (Phi) is 4.27. The largest absolute Gasteiger partial charge is 0.378 e. The molecule has 2 aliphatic rings. The molecule has 0 spiro atoms. The summed E-state index contributed by atoms with van der Waals surface area (Å²) < 4.78 is 5.67. The van der Waals surface area contributed by atoms with Crippen LogP contribution in [0.1, 0.15) is 43.5 Å². The molecule has 114 valence electrons. The molecule has 1 N–H and O–H groups in total. The van der Waals surface area contributed by atoms with Gasteiger partial charge >= 0.3 is 0 Å². The van der Waals surface area contributed by atoms with E-state index in [2.05, 4.69) is 36.5 Å². The third-order valence-electron chi connectivity index (χ3n) is 4.48. The van der Waals surface area contributed by atoms with Gasteiger partial charge in [-0.1, -0.05) is 29.8 Å². The standard InChI is InChI=1S/C17H24N2O2/c1-12-5-7-14(8-6-12)16-18-13(2)17(20)19(16)10-9-15-4-3-11-21-15/h5-8,13,15-16,18H,3-4,9-11H2,1-2H3. The average Bonchev–Trinajstić information content (AvgIpc) is 3.08. The molecule has 0 bridgehead atoms. The Morgan fingerprint density at radius 2 is 2.10 bits per heavy atom. The molecule has 2 saturated heterocycles. The lowest BCUT2D eigenvalue weighted by molar-refractivity contribution is -0.130. The van der Waals surface area contributed by atoms with E-state index >= 15 is 0 Å². The molecule has 1 amide bonds. The summed E-state index contributed by atoms with van der Waals surface area (Å²) in [4.78, 5) is 14.4. The highest BCUT2D eigenvalue weighted by atomic mass is 16.5. The number of rotatable bonds is 4. The molecule has 1 aromatic rings. The maximum absolute atomic E-state index is 12.4. The van der Waals surface area contributed by atoms with Gasteiger partial charge in [0.25, 0.3) is 0 Å². The lowest BCUT2D eigenvalue weighted by atomic mass is 10.1. The van der Waals surface area contributed by atoms with Crippen molar-refractivity contribution in [2.45, 2.75) is 51.4 Å². The quantitative estimate of drug-likeness (QED) is 0.925. The molecule has 3 rings (SSSR count). The number of carbonyl (C=O) groups is 1. The Morgan fingerprint density at radius 1 is 1.33 bits per heavy atom. The molecule has 21 heavy (non-hydrogen) atoms.